The molecule has 3 rings (SSSR count). The van der Waals surface area contributed by atoms with E-state index in [9.17, 15) is 4.79 Å². The van der Waals surface area contributed by atoms with Crippen LogP contribution in [0.2, 0.25) is 0 Å². The molecular formula is C22H35N5O2. The third-order valence-electron chi connectivity index (χ3n) is 5.54. The predicted molar refractivity (Wildman–Crippen MR) is 117 cm³/mol. The number of nitrogens with one attached hydrogen (secondary N) is 2. The zero-order valence-corrected chi connectivity index (χ0v) is 18.6. The van der Waals surface area contributed by atoms with E-state index in [1.54, 1.807) is 0 Å². The highest BCUT2D eigenvalue weighted by Gasteiger charge is 2.25. The number of nitrogens with zero attached hydrogens (tertiary/aromatic N) is 3. The Hall–Kier alpha value is -2.12. The summed E-state index contributed by atoms with van der Waals surface area (Å²) >= 11 is 0. The van der Waals surface area contributed by atoms with E-state index in [1.165, 1.54) is 0 Å². The molecule has 7 heteroatoms. The topological polar surface area (TPSA) is 73.6 Å². The van der Waals surface area contributed by atoms with Crippen molar-refractivity contribution in [3.05, 3.63) is 24.1 Å². The number of likely N-dealkylation sites (N-methyl/N-ethyl adjacent to an activating group) is 1. The van der Waals surface area contributed by atoms with Gasteiger partial charge in [0.05, 0.1) is 0 Å². The first-order chi connectivity index (χ1) is 13.6. The van der Waals surface area contributed by atoms with E-state index in [0.717, 1.165) is 37.3 Å². The maximum atomic E-state index is 12.5. The molecule has 1 aromatic carbocycles. The number of amides is 2. The van der Waals surface area contributed by atoms with Crippen molar-refractivity contribution in [1.82, 2.24) is 20.1 Å². The fourth-order valence-corrected chi connectivity index (χ4v) is 3.64. The lowest BCUT2D eigenvalue weighted by atomic mass is 9.97. The fourth-order valence-electron chi connectivity index (χ4n) is 3.64. The summed E-state index contributed by atoms with van der Waals surface area (Å²) in [4.78, 5) is 21.9. The van der Waals surface area contributed by atoms with Crippen molar-refractivity contribution in [3.8, 4) is 0 Å². The zero-order chi connectivity index (χ0) is 21.2. The van der Waals surface area contributed by atoms with Crippen LogP contribution >= 0.6 is 0 Å². The molecular weight excluding hydrogens is 366 g/mol. The summed E-state index contributed by atoms with van der Waals surface area (Å²) in [5.41, 5.74) is 2.05. The van der Waals surface area contributed by atoms with Gasteiger partial charge in [-0.1, -0.05) is 34.6 Å². The quantitative estimate of drug-likeness (QED) is 0.802. The van der Waals surface area contributed by atoms with E-state index in [-0.39, 0.29) is 11.4 Å². The number of piperazine rings is 1. The highest BCUT2D eigenvalue weighted by atomic mass is 16.3. The Morgan fingerprint density at radius 3 is 2.52 bits per heavy atom. The summed E-state index contributed by atoms with van der Waals surface area (Å²) in [5, 5.41) is 5.98. The van der Waals surface area contributed by atoms with Crippen LogP contribution in [0.25, 0.3) is 11.1 Å². The van der Waals surface area contributed by atoms with Crippen molar-refractivity contribution in [2.75, 3.05) is 45.1 Å². The van der Waals surface area contributed by atoms with Crippen LogP contribution in [0.15, 0.2) is 22.6 Å². The Bertz CT molecular complexity index is 831. The molecule has 0 aliphatic carbocycles. The first-order valence-electron chi connectivity index (χ1n) is 10.5. The highest BCUT2D eigenvalue weighted by Crippen LogP contribution is 2.27. The Morgan fingerprint density at radius 2 is 1.90 bits per heavy atom. The summed E-state index contributed by atoms with van der Waals surface area (Å²) < 4.78 is 5.82. The van der Waals surface area contributed by atoms with E-state index in [4.69, 9.17) is 4.42 Å². The van der Waals surface area contributed by atoms with Gasteiger partial charge in [-0.3, -0.25) is 4.90 Å². The van der Waals surface area contributed by atoms with Gasteiger partial charge in [-0.15, -0.1) is 0 Å². The minimum Gasteiger partial charge on any atom is -0.440 e. The van der Waals surface area contributed by atoms with Gasteiger partial charge in [-0.2, -0.15) is 0 Å². The van der Waals surface area contributed by atoms with Crippen LogP contribution < -0.4 is 10.6 Å². The van der Waals surface area contributed by atoms with Crippen LogP contribution in [-0.4, -0.2) is 66.6 Å². The van der Waals surface area contributed by atoms with Gasteiger partial charge in [0.1, 0.15) is 5.52 Å². The third kappa shape index (κ3) is 5.48. The number of aromatic nitrogens is 1. The summed E-state index contributed by atoms with van der Waals surface area (Å²) in [6.07, 6.45) is 0. The molecule has 2 heterocycles. The van der Waals surface area contributed by atoms with Crippen molar-refractivity contribution in [3.63, 3.8) is 0 Å². The number of carbonyl (C=O) groups is 1. The van der Waals surface area contributed by atoms with Gasteiger partial charge in [-0.25, -0.2) is 9.78 Å². The molecule has 1 aromatic heterocycles. The van der Waals surface area contributed by atoms with Gasteiger partial charge in [-0.05, 0) is 31.2 Å². The highest BCUT2D eigenvalue weighted by molar-refractivity contribution is 5.91. The standard InChI is InChI=1S/C22H35N5O2/c1-15(2)18(27-11-9-26(6)10-12-27)14-23-21(28)24-16-7-8-19-17(13-16)25-20(29-19)22(3,4)5/h7-8,13,15,18H,9-12,14H2,1-6H3,(H2,23,24,28). The summed E-state index contributed by atoms with van der Waals surface area (Å²) in [5.74, 6) is 1.17. The Balaban J connectivity index is 1.59. The van der Waals surface area contributed by atoms with Gasteiger partial charge >= 0.3 is 6.03 Å². The molecule has 1 saturated heterocycles. The number of oxazole rings is 1. The number of benzene rings is 1. The average molecular weight is 402 g/mol. The Labute approximate surface area is 173 Å². The molecule has 1 atom stereocenters. The van der Waals surface area contributed by atoms with Crippen LogP contribution in [0.4, 0.5) is 10.5 Å². The van der Waals surface area contributed by atoms with E-state index >= 15 is 0 Å². The molecule has 1 aliphatic heterocycles. The Morgan fingerprint density at radius 1 is 1.21 bits per heavy atom. The number of anilines is 1. The van der Waals surface area contributed by atoms with Gasteiger partial charge < -0.3 is 20.0 Å². The van der Waals surface area contributed by atoms with Crippen LogP contribution in [0.5, 0.6) is 0 Å². The maximum Gasteiger partial charge on any atom is 0.319 e. The number of carbonyl (C=O) groups excluding carboxylic acids is 1. The molecule has 0 bridgehead atoms. The first kappa shape index (κ1) is 21.6. The van der Waals surface area contributed by atoms with Crippen molar-refractivity contribution >= 4 is 22.8 Å². The fraction of sp³-hybridized carbons (Fsp3) is 0.636. The second kappa shape index (κ2) is 8.71. The van der Waals surface area contributed by atoms with Gasteiger partial charge in [0.25, 0.3) is 0 Å². The van der Waals surface area contributed by atoms with Crippen molar-refractivity contribution in [1.29, 1.82) is 0 Å². The number of rotatable bonds is 5. The molecule has 1 unspecified atom stereocenters. The molecule has 160 valence electrons. The molecule has 0 radical (unpaired) electrons. The second-order valence-electron chi connectivity index (χ2n) is 9.44. The lowest BCUT2D eigenvalue weighted by Gasteiger charge is -2.39. The molecule has 0 spiro atoms. The monoisotopic (exact) mass is 401 g/mol. The molecule has 0 saturated carbocycles. The zero-order valence-electron chi connectivity index (χ0n) is 18.6. The third-order valence-corrected chi connectivity index (χ3v) is 5.54. The first-order valence-corrected chi connectivity index (χ1v) is 10.5. The van der Waals surface area contributed by atoms with Gasteiger partial charge in [0, 0.05) is 49.9 Å². The number of hydrogen-bond acceptors (Lipinski definition) is 5. The van der Waals surface area contributed by atoms with Crippen LogP contribution in [0.3, 0.4) is 0 Å². The van der Waals surface area contributed by atoms with E-state index in [1.807, 2.05) is 18.2 Å². The van der Waals surface area contributed by atoms with Crippen LogP contribution in [0.1, 0.15) is 40.5 Å². The predicted octanol–water partition coefficient (Wildman–Crippen LogP) is 3.52. The minimum absolute atomic E-state index is 0.154. The molecule has 29 heavy (non-hydrogen) atoms. The van der Waals surface area contributed by atoms with E-state index in [2.05, 4.69) is 67.1 Å². The van der Waals surface area contributed by atoms with Crippen LogP contribution in [0, 0.1) is 5.92 Å². The lowest BCUT2D eigenvalue weighted by molar-refractivity contribution is 0.0890. The SMILES string of the molecule is CC(C)C(CNC(=O)Nc1ccc2oc(C(C)(C)C)nc2c1)N1CCN(C)CC1. The minimum atomic E-state index is -0.191. The molecule has 2 aromatic rings. The smallest absolute Gasteiger partial charge is 0.319 e. The number of urea groups is 1. The normalized spacial score (nSPS) is 17.6. The molecule has 1 aliphatic rings. The molecule has 2 amide bonds. The van der Waals surface area contributed by atoms with Crippen molar-refractivity contribution < 1.29 is 9.21 Å². The lowest BCUT2D eigenvalue weighted by Crippen LogP contribution is -2.54. The van der Waals surface area contributed by atoms with Crippen molar-refractivity contribution in [2.24, 2.45) is 5.92 Å². The molecule has 7 nitrogen and oxygen atoms in total. The Kier molecular flexibility index (Phi) is 6.49. The van der Waals surface area contributed by atoms with Gasteiger partial charge in [0.2, 0.25) is 5.89 Å². The maximum absolute atomic E-state index is 12.5. The van der Waals surface area contributed by atoms with Gasteiger partial charge in [0.15, 0.2) is 5.58 Å². The largest absolute Gasteiger partial charge is 0.440 e. The molecule has 1 fully saturated rings. The second-order valence-corrected chi connectivity index (χ2v) is 9.44. The van der Waals surface area contributed by atoms with E-state index in [0.29, 0.717) is 30.1 Å². The summed E-state index contributed by atoms with van der Waals surface area (Å²) in [7, 11) is 2.16. The van der Waals surface area contributed by atoms with E-state index < -0.39 is 0 Å². The summed E-state index contributed by atoms with van der Waals surface area (Å²) in [6.45, 7) is 15.5. The molecule has 2 N–H and O–H groups in total. The summed E-state index contributed by atoms with van der Waals surface area (Å²) in [6, 6.07) is 5.70. The number of hydrogen-bond donors (Lipinski definition) is 2. The van der Waals surface area contributed by atoms with Crippen molar-refractivity contribution in [2.45, 2.75) is 46.1 Å². The average Bonchev–Trinajstić information content (AvgIpc) is 3.07. The van der Waals surface area contributed by atoms with Crippen LogP contribution in [-0.2, 0) is 5.41 Å². The number of fused-ring (bicyclic) bond motifs is 1.